The fraction of sp³-hybridized carbons (Fsp3) is 0.132. The van der Waals surface area contributed by atoms with Crippen molar-refractivity contribution in [1.82, 2.24) is 4.57 Å². The first-order valence-electron chi connectivity index (χ1n) is 51.3. The number of hydrogen-bond acceptors (Lipinski definition) is 12. The van der Waals surface area contributed by atoms with E-state index in [0.717, 1.165) is 177 Å². The number of hydrogen-bond donors (Lipinski definition) is 0. The van der Waals surface area contributed by atoms with Crippen LogP contribution in [0.5, 0.6) is 34.5 Å². The molecule has 0 saturated carbocycles. The predicted molar refractivity (Wildman–Crippen MR) is 611 cm³/mol. The lowest BCUT2D eigenvalue weighted by atomic mass is 9.70. The van der Waals surface area contributed by atoms with E-state index in [2.05, 4.69) is 73.9 Å². The van der Waals surface area contributed by atoms with Crippen molar-refractivity contribution in [2.24, 2.45) is 0 Å². The maximum absolute atomic E-state index is 15.6. The summed E-state index contributed by atoms with van der Waals surface area (Å²) in [7, 11) is -20.5. The van der Waals surface area contributed by atoms with Crippen LogP contribution >= 0.6 is 44.2 Å². The molecule has 26 rings (SSSR count). The van der Waals surface area contributed by atoms with Gasteiger partial charge in [0.25, 0.3) is 14.7 Å². The van der Waals surface area contributed by atoms with Crippen LogP contribution in [0, 0.1) is 0 Å². The zero-order valence-corrected chi connectivity index (χ0v) is 87.7. The van der Waals surface area contributed by atoms with Crippen LogP contribution in [-0.2, 0) is 39.4 Å². The van der Waals surface area contributed by atoms with Gasteiger partial charge in [0.1, 0.15) is 34.5 Å². The summed E-state index contributed by atoms with van der Waals surface area (Å²) in [6.07, 6.45) is 17.4. The van der Waals surface area contributed by atoms with Gasteiger partial charge in [0, 0.05) is 78.8 Å². The minimum atomic E-state index is -3.53. The Morgan fingerprint density at radius 2 is 0.486 bits per heavy atom. The SMILES string of the molecule is CCCCCCCC1(CCCCCCC)c2cc(P3(=O)Oc4ccccc4-c4ccccc43)ccc2-c2ccc(P3(=O)Oc4ccccc4-c4ccccc43)cc21.CCn1c2ccc(P3(=O)Oc4ccccc4-c4ccccc43)cc2c2cc(P3(=O)Oc4ccccc4-c4ccccc43)ccc21.O=P1(/C=C/c2ccc(-c3ccc(/C=C/P4(=O)Oc5ccccc5-c5ccccc54)cc3)cc2)Oc2ccccc2-c2ccccc21. The highest BCUT2D eigenvalue weighted by Gasteiger charge is 2.49. The molecular formula is C129H107NO12P6. The van der Waals surface area contributed by atoms with E-state index in [1.807, 2.05) is 376 Å². The minimum absolute atomic E-state index is 0.353. The standard InChI is InChI=1S/C51H52O4P2.C40H28O4P2.C38H27NO4P2/c1-3-5-7-9-19-33-51(34-20-10-8-6-4-2)45-35-37(56(52)49-27-17-13-23-43(49)41-21-11-15-25-47(41)54-56)29-31-39(45)40-32-30-38(36-46(40)51)57(53)50-28-18-14-24-44(50)42-22-12-16-26-48(42)55-57;41-45(39-15-7-3-11-35(39)33-9-1-5-13-37(33)43-45)27-25-29-17-21-31(22-18-29)32-23-19-30(20-24-32)26-28-46(42)40-16-8-4-12-36(40)34-10-2-6-14-38(34)44-46;1-2-39-33-21-19-25(44(40)37-17-9-5-13-29(37)27-11-3-7-15-35(27)42-44)23-31(33)32-24-26(20-22-34(32)39)45(41)38-18-10-6-14-30(38)28-12-4-8-16-36(28)43-45/h11-18,21-32,35-36H,3-10,19-20,33-34H2,1-2H3;1-28H;3-24H,2H2,1H3/b;27-25+,28-26+;. The molecule has 18 aromatic carbocycles. The predicted octanol–water partition coefficient (Wildman–Crippen LogP) is 32.3. The number of benzene rings is 18. The number of para-hydroxylation sites is 6. The van der Waals surface area contributed by atoms with Crippen LogP contribution in [0.3, 0.4) is 0 Å². The van der Waals surface area contributed by atoms with Gasteiger partial charge in [0.15, 0.2) is 0 Å². The van der Waals surface area contributed by atoms with Crippen LogP contribution in [0.2, 0.25) is 0 Å². The van der Waals surface area contributed by atoms with Gasteiger partial charge < -0.3 is 31.7 Å². The van der Waals surface area contributed by atoms with E-state index in [9.17, 15) is 9.13 Å². The van der Waals surface area contributed by atoms with Crippen LogP contribution in [0.1, 0.15) is 120 Å². The van der Waals surface area contributed by atoms with Crippen molar-refractivity contribution in [2.75, 3.05) is 0 Å². The fourth-order valence-electron chi connectivity index (χ4n) is 22.8. The lowest BCUT2D eigenvalue weighted by Gasteiger charge is -2.35. The Kier molecular flexibility index (Phi) is 25.4. The average Bonchev–Trinajstić information content (AvgIpc) is 1.53. The van der Waals surface area contributed by atoms with Crippen molar-refractivity contribution < 1.29 is 54.5 Å². The fourth-order valence-corrected chi connectivity index (χ4v) is 35.9. The second-order valence-electron chi connectivity index (χ2n) is 38.9. The third kappa shape index (κ3) is 16.7. The second kappa shape index (κ2) is 39.2. The molecule has 0 spiro atoms. The number of unbranched alkanes of at least 4 members (excludes halogenated alkanes) is 8. The highest BCUT2D eigenvalue weighted by Crippen LogP contribution is 2.64. The van der Waals surface area contributed by atoms with E-state index >= 15 is 18.3 Å². The van der Waals surface area contributed by atoms with Crippen LogP contribution in [0.4, 0.5) is 0 Å². The van der Waals surface area contributed by atoms with E-state index in [1.54, 1.807) is 11.6 Å². The first-order valence-corrected chi connectivity index (χ1v) is 61.2. The van der Waals surface area contributed by atoms with Crippen LogP contribution in [0.15, 0.2) is 424 Å². The molecule has 7 aliphatic rings. The largest absolute Gasteiger partial charge is 0.437 e. The Hall–Kier alpha value is -14.6. The van der Waals surface area contributed by atoms with Gasteiger partial charge in [0.05, 0.1) is 53.0 Å². The van der Waals surface area contributed by atoms with E-state index in [4.69, 9.17) is 27.1 Å². The van der Waals surface area contributed by atoms with Gasteiger partial charge in [0.2, 0.25) is 0 Å². The quantitative estimate of drug-likeness (QED) is 0.0467. The number of aryl methyl sites for hydroxylation is 1. The highest BCUT2D eigenvalue weighted by molar-refractivity contribution is 7.76. The molecular weight excluding hydrogens is 1940 g/mol. The topological polar surface area (TPSA) is 163 Å². The lowest BCUT2D eigenvalue weighted by Crippen LogP contribution is -2.30. The van der Waals surface area contributed by atoms with E-state index in [1.165, 1.54) is 60.8 Å². The Morgan fingerprint density at radius 1 is 0.236 bits per heavy atom. The lowest BCUT2D eigenvalue weighted by molar-refractivity contribution is 0.399. The Labute approximate surface area is 863 Å². The average molecular weight is 2050 g/mol. The molecule has 0 fully saturated rings. The van der Waals surface area contributed by atoms with Gasteiger partial charge in [-0.2, -0.15) is 0 Å². The number of nitrogens with zero attached hydrogens (tertiary/aromatic N) is 1. The Balaban J connectivity index is 0.000000120. The van der Waals surface area contributed by atoms with Gasteiger partial charge >= 0.3 is 29.5 Å². The van der Waals surface area contributed by atoms with Crippen molar-refractivity contribution in [3.05, 3.63) is 446 Å². The molecule has 0 saturated heterocycles. The molecule has 1 aliphatic carbocycles. The summed E-state index contributed by atoms with van der Waals surface area (Å²) in [4.78, 5) is 0. The molecule has 6 atom stereocenters. The molecule has 13 nitrogen and oxygen atoms in total. The molecule has 19 heteroatoms. The van der Waals surface area contributed by atoms with E-state index in [-0.39, 0.29) is 5.41 Å². The maximum Gasteiger partial charge on any atom is 0.307 e. The normalized spacial score (nSPS) is 19.4. The second-order valence-corrected chi connectivity index (χ2v) is 52.4. The van der Waals surface area contributed by atoms with Crippen molar-refractivity contribution in [1.29, 1.82) is 0 Å². The number of aromatic nitrogens is 1. The molecule has 19 aromatic rings. The third-order valence-corrected chi connectivity index (χ3v) is 44.0. The van der Waals surface area contributed by atoms with Crippen molar-refractivity contribution >= 4 is 131 Å². The molecule has 0 amide bonds. The zero-order valence-electron chi connectivity index (χ0n) is 82.3. The van der Waals surface area contributed by atoms with Crippen molar-refractivity contribution in [2.45, 2.75) is 110 Å². The maximum atomic E-state index is 15.6. The van der Waals surface area contributed by atoms with Gasteiger partial charge in [-0.15, -0.1) is 0 Å². The molecule has 1 aromatic heterocycles. The zero-order chi connectivity index (χ0) is 101. The smallest absolute Gasteiger partial charge is 0.307 e. The van der Waals surface area contributed by atoms with Crippen LogP contribution < -0.4 is 80.2 Å². The Morgan fingerprint density at radius 3 is 0.784 bits per heavy atom. The molecule has 0 bridgehead atoms. The summed E-state index contributed by atoms with van der Waals surface area (Å²) in [5.74, 6) is 7.23. The summed E-state index contributed by atoms with van der Waals surface area (Å²) in [6.45, 7) is 7.39. The Bertz CT molecular complexity index is 8390. The van der Waals surface area contributed by atoms with Crippen molar-refractivity contribution in [3.8, 4) is 124 Å². The number of rotatable bonds is 22. The molecule has 0 N–H and O–H groups in total. The molecule has 6 unspecified atom stereocenters. The molecule has 148 heavy (non-hydrogen) atoms. The summed E-state index contributed by atoms with van der Waals surface area (Å²) in [6, 6.07) is 135. The summed E-state index contributed by atoms with van der Waals surface area (Å²) in [5, 5.41) is 8.87. The monoisotopic (exact) mass is 2050 g/mol. The van der Waals surface area contributed by atoms with Crippen LogP contribution in [-0.4, -0.2) is 4.57 Å². The summed E-state index contributed by atoms with van der Waals surface area (Å²) in [5.41, 5.74) is 21.8. The van der Waals surface area contributed by atoms with Gasteiger partial charge in [-0.1, -0.05) is 357 Å². The summed E-state index contributed by atoms with van der Waals surface area (Å²) < 4.78 is 130. The first-order chi connectivity index (χ1) is 72.4. The molecule has 730 valence electrons. The van der Waals surface area contributed by atoms with Gasteiger partial charge in [-0.25, -0.2) is 0 Å². The van der Waals surface area contributed by atoms with Crippen molar-refractivity contribution in [3.63, 3.8) is 0 Å². The van der Waals surface area contributed by atoms with Crippen LogP contribution in [0.25, 0.3) is 123 Å². The molecule has 0 radical (unpaired) electrons. The number of fused-ring (bicyclic) bond motifs is 24. The molecule has 6 aliphatic heterocycles. The third-order valence-electron chi connectivity index (χ3n) is 30.1. The summed E-state index contributed by atoms with van der Waals surface area (Å²) >= 11 is 0. The molecule has 7 heterocycles. The first kappa shape index (κ1) is 95.6. The van der Waals surface area contributed by atoms with E-state index < -0.39 is 44.2 Å². The highest BCUT2D eigenvalue weighted by atomic mass is 31.2. The van der Waals surface area contributed by atoms with Gasteiger partial charge in [-0.3, -0.25) is 27.4 Å². The van der Waals surface area contributed by atoms with Gasteiger partial charge in [-0.05, 0) is 243 Å². The minimum Gasteiger partial charge on any atom is -0.437 e. The van der Waals surface area contributed by atoms with E-state index in [0.29, 0.717) is 66.3 Å².